The quantitative estimate of drug-likeness (QED) is 0.0934. The molecule has 0 fully saturated rings. The Balaban J connectivity index is 0.000000401. The average molecular weight is 977 g/mol. The van der Waals surface area contributed by atoms with E-state index in [9.17, 15) is 0 Å². The molecule has 0 aromatic heterocycles. The van der Waals surface area contributed by atoms with Crippen molar-refractivity contribution >= 4 is 79.5 Å². The van der Waals surface area contributed by atoms with Gasteiger partial charge in [0, 0.05) is 14.7 Å². The van der Waals surface area contributed by atoms with Crippen LogP contribution in [0.2, 0.25) is 0 Å². The molecule has 2 aliphatic heterocycles. The molecule has 0 N–H and O–H groups in total. The maximum Gasteiger partial charge on any atom is 2.00 e. The van der Waals surface area contributed by atoms with Gasteiger partial charge >= 0.3 is 23.1 Å². The Morgan fingerprint density at radius 1 is 0.448 bits per heavy atom. The molecule has 0 amide bonds. The molecule has 2 aliphatic rings. The number of fused-ring (bicyclic) bond motifs is 4. The van der Waals surface area contributed by atoms with Gasteiger partial charge in [0.15, 0.2) is 11.5 Å². The van der Waals surface area contributed by atoms with Gasteiger partial charge in [-0.2, -0.15) is 36.4 Å². The van der Waals surface area contributed by atoms with Crippen LogP contribution < -0.4 is 26.5 Å². The Labute approximate surface area is 391 Å². The van der Waals surface area contributed by atoms with E-state index in [0.29, 0.717) is 5.17 Å². The molecule has 0 unspecified atom stereocenters. The van der Waals surface area contributed by atoms with Gasteiger partial charge in [0.05, 0.1) is 11.3 Å². The van der Waals surface area contributed by atoms with Gasteiger partial charge in [-0.25, -0.2) is 9.98 Å². The molecule has 7 aromatic rings. The molecule has 0 saturated heterocycles. The van der Waals surface area contributed by atoms with Crippen molar-refractivity contribution in [3.8, 4) is 23.0 Å². The number of nitrogens with zero attached hydrogens (tertiary/aromatic N) is 2. The molecule has 9 rings (SSSR count). The van der Waals surface area contributed by atoms with Crippen LogP contribution in [0.1, 0.15) is 58.2 Å². The zero-order valence-electron chi connectivity index (χ0n) is 33.9. The van der Waals surface area contributed by atoms with Crippen molar-refractivity contribution in [2.24, 2.45) is 9.98 Å². The second-order valence-corrected chi connectivity index (χ2v) is 12.3. The molecule has 2 heterocycles. The first kappa shape index (κ1) is 51.8. The summed E-state index contributed by atoms with van der Waals surface area (Å²) in [5.74, 6) is 3.09. The number of ether oxygens (including phenoxy) is 2. The molecule has 294 valence electrons. The van der Waals surface area contributed by atoms with Crippen LogP contribution in [0.25, 0.3) is 0 Å². The van der Waals surface area contributed by atoms with Gasteiger partial charge in [-0.3, -0.25) is 0 Å². The van der Waals surface area contributed by atoms with Gasteiger partial charge in [-0.1, -0.05) is 150 Å². The monoisotopic (exact) mass is 974 g/mol. The third-order valence-electron chi connectivity index (χ3n) is 7.26. The van der Waals surface area contributed by atoms with E-state index in [4.69, 9.17) is 26.1 Å². The van der Waals surface area contributed by atoms with Crippen molar-refractivity contribution in [3.63, 3.8) is 0 Å². The molecule has 0 aliphatic carbocycles. The van der Waals surface area contributed by atoms with Gasteiger partial charge in [0.25, 0.3) is 0 Å². The van der Waals surface area contributed by atoms with Crippen LogP contribution in [-0.4, -0.2) is 33.9 Å². The maximum atomic E-state index is 6.15. The first-order valence-electron chi connectivity index (χ1n) is 18.9. The second kappa shape index (κ2) is 30.8. The molecule has 58 heavy (non-hydrogen) atoms. The fourth-order valence-electron chi connectivity index (χ4n) is 4.91. The van der Waals surface area contributed by atoms with Crippen LogP contribution in [0, 0.1) is 9.64 Å². The number of aliphatic imine (C=N–C) groups is 2. The largest absolute Gasteiger partial charge is 2.00 e. The molecule has 0 saturated carbocycles. The Morgan fingerprint density at radius 3 is 1.28 bits per heavy atom. The van der Waals surface area contributed by atoms with E-state index in [2.05, 4.69) is 57.9 Å². The minimum absolute atomic E-state index is 0. The predicted octanol–water partition coefficient (Wildman–Crippen LogP) is 12.6. The van der Waals surface area contributed by atoms with Crippen LogP contribution in [0.5, 0.6) is 23.0 Å². The zero-order chi connectivity index (χ0) is 40.4. The van der Waals surface area contributed by atoms with Crippen LogP contribution in [-0.2, 0) is 0 Å². The van der Waals surface area contributed by atoms with Gasteiger partial charge in [0.2, 0.25) is 0 Å². The van der Waals surface area contributed by atoms with Crippen molar-refractivity contribution in [2.75, 3.05) is 0 Å². The summed E-state index contributed by atoms with van der Waals surface area (Å²) in [6.07, 6.45) is 0. The molecule has 0 spiro atoms. The third kappa shape index (κ3) is 16.5. The standard InChI is InChI=1S/C19H13NO.C13H8ClNO.C6H5I.C6H5.3C2H6.BrH.Mg/c1-2-8-14(9-3-1)19-15-10-4-6-12-17(15)21-18-13-7-5-11-16(18)20-19;14-13-9-5-1-3-7-11(9)16-12-8-4-2-6-10(12)15-13;7-6-4-2-1-3-5-6;1-2-4-6-5-3-1;3*1-2;;/h1-13H;1-8H;1-5H;1-5H;3*1-2H3;1H;/q;;;-1;;;;;+2/p-1. The molecule has 4 nitrogen and oxygen atoms in total. The van der Waals surface area contributed by atoms with Crippen LogP contribution in [0.3, 0.4) is 0 Å². The zero-order valence-corrected chi connectivity index (χ0v) is 39.9. The normalized spacial score (nSPS) is 10.3. The number of hydrogen-bond acceptors (Lipinski definition) is 4. The van der Waals surface area contributed by atoms with Crippen LogP contribution >= 0.6 is 34.2 Å². The van der Waals surface area contributed by atoms with Crippen LogP contribution in [0.4, 0.5) is 11.4 Å². The summed E-state index contributed by atoms with van der Waals surface area (Å²) < 4.78 is 13.1. The van der Waals surface area contributed by atoms with Gasteiger partial charge < -0.3 is 26.5 Å². The van der Waals surface area contributed by atoms with E-state index in [1.54, 1.807) is 0 Å². The van der Waals surface area contributed by atoms with E-state index in [1.165, 1.54) is 3.57 Å². The molecule has 0 bridgehead atoms. The predicted molar refractivity (Wildman–Crippen MR) is 254 cm³/mol. The van der Waals surface area contributed by atoms with E-state index < -0.39 is 0 Å². The smallest absolute Gasteiger partial charge is 1.00 e. The van der Waals surface area contributed by atoms with Crippen molar-refractivity contribution in [1.29, 1.82) is 0 Å². The Morgan fingerprint density at radius 2 is 0.828 bits per heavy atom. The minimum atomic E-state index is 0. The van der Waals surface area contributed by atoms with Crippen molar-refractivity contribution in [3.05, 3.63) is 214 Å². The molecular formula is C50H49BrClIMgN2O2. The van der Waals surface area contributed by atoms with Gasteiger partial charge in [-0.05, 0) is 83.3 Å². The average Bonchev–Trinajstić information content (AvgIpc) is 3.55. The first-order chi connectivity index (χ1) is 27.7. The summed E-state index contributed by atoms with van der Waals surface area (Å²) in [4.78, 5) is 9.18. The molecule has 0 atom stereocenters. The Bertz CT molecular complexity index is 2180. The number of halogens is 3. The SMILES string of the molecule is CC.CC.CC.ClC1=Nc2ccccc2Oc2ccccc21.Ic1ccccc1.[Br-].[Mg+2].[c-]1ccccc1.c1ccc(C2=Nc3ccccc3Oc3ccccc32)cc1. The van der Waals surface area contributed by atoms with Crippen LogP contribution in [0.15, 0.2) is 198 Å². The minimum Gasteiger partial charge on any atom is -1.00 e. The third-order valence-corrected chi connectivity index (χ3v) is 8.27. The maximum absolute atomic E-state index is 6.15. The number of hydrogen-bond donors (Lipinski definition) is 0. The molecular weight excluding hydrogens is 927 g/mol. The molecule has 0 radical (unpaired) electrons. The summed E-state index contributed by atoms with van der Waals surface area (Å²) in [5.41, 5.74) is 5.47. The summed E-state index contributed by atoms with van der Waals surface area (Å²) in [6.45, 7) is 12.0. The molecule has 8 heteroatoms. The summed E-state index contributed by atoms with van der Waals surface area (Å²) in [5, 5.41) is 0.459. The fourth-order valence-corrected chi connectivity index (χ4v) is 5.57. The summed E-state index contributed by atoms with van der Waals surface area (Å²) >= 11 is 8.43. The van der Waals surface area contributed by atoms with E-state index in [1.807, 2.05) is 205 Å². The van der Waals surface area contributed by atoms with Gasteiger partial charge in [0.1, 0.15) is 28.0 Å². The van der Waals surface area contributed by atoms with E-state index >= 15 is 0 Å². The first-order valence-corrected chi connectivity index (χ1v) is 20.3. The number of para-hydroxylation sites is 6. The number of rotatable bonds is 1. The number of benzene rings is 7. The topological polar surface area (TPSA) is 43.2 Å². The molecule has 7 aromatic carbocycles. The van der Waals surface area contributed by atoms with E-state index in [-0.39, 0.29) is 40.0 Å². The van der Waals surface area contributed by atoms with E-state index in [0.717, 1.165) is 56.8 Å². The van der Waals surface area contributed by atoms with Crippen molar-refractivity contribution in [1.82, 2.24) is 0 Å². The Hall–Kier alpha value is -4.25. The fraction of sp³-hybridized carbons (Fsp3) is 0.120. The summed E-state index contributed by atoms with van der Waals surface area (Å²) in [7, 11) is 0. The second-order valence-electron chi connectivity index (χ2n) is 10.7. The van der Waals surface area contributed by atoms with Gasteiger partial charge in [-0.15, -0.1) is 0 Å². The van der Waals surface area contributed by atoms with Crippen molar-refractivity contribution < 1.29 is 26.5 Å². The van der Waals surface area contributed by atoms with Crippen molar-refractivity contribution in [2.45, 2.75) is 41.5 Å². The Kier molecular flexibility index (Phi) is 27.5. The summed E-state index contributed by atoms with van der Waals surface area (Å²) in [6, 6.07) is 64.0.